The van der Waals surface area contributed by atoms with Gasteiger partial charge in [0.25, 0.3) is 0 Å². The van der Waals surface area contributed by atoms with E-state index < -0.39 is 0 Å². The Morgan fingerprint density at radius 3 is 2.85 bits per heavy atom. The summed E-state index contributed by atoms with van der Waals surface area (Å²) in [6.07, 6.45) is 7.27. The van der Waals surface area contributed by atoms with Crippen molar-refractivity contribution in [2.24, 2.45) is 0 Å². The van der Waals surface area contributed by atoms with Crippen molar-refractivity contribution in [1.29, 1.82) is 0 Å². The van der Waals surface area contributed by atoms with E-state index >= 15 is 0 Å². The van der Waals surface area contributed by atoms with Crippen molar-refractivity contribution >= 4 is 10.9 Å². The maximum absolute atomic E-state index is 4.89. The molecular weight excluding hydrogens is 322 g/mol. The highest BCUT2D eigenvalue weighted by Gasteiger charge is 2.30. The minimum Gasteiger partial charge on any atom is -0.314 e. The largest absolute Gasteiger partial charge is 0.314 e. The fourth-order valence-corrected chi connectivity index (χ4v) is 4.45. The maximum Gasteiger partial charge on any atom is 0.150 e. The molecule has 0 radical (unpaired) electrons. The number of rotatable bonds is 3. The SMILES string of the molecule is c1ccc2nc(CN3CCCC[C@@H]3c3nnc4n3CCCC4)ccc2c1. The van der Waals surface area contributed by atoms with Gasteiger partial charge in [-0.3, -0.25) is 9.88 Å². The Morgan fingerprint density at radius 2 is 1.85 bits per heavy atom. The zero-order valence-electron chi connectivity index (χ0n) is 15.1. The van der Waals surface area contributed by atoms with Crippen LogP contribution in [0.5, 0.6) is 0 Å². The van der Waals surface area contributed by atoms with E-state index in [9.17, 15) is 0 Å². The van der Waals surface area contributed by atoms with Crippen molar-refractivity contribution in [2.75, 3.05) is 6.54 Å². The summed E-state index contributed by atoms with van der Waals surface area (Å²) >= 11 is 0. The molecule has 3 aromatic rings. The summed E-state index contributed by atoms with van der Waals surface area (Å²) in [6, 6.07) is 13.1. The van der Waals surface area contributed by atoms with Crippen LogP contribution in [0.1, 0.15) is 55.5 Å². The second-order valence-corrected chi connectivity index (χ2v) is 7.56. The Labute approximate surface area is 154 Å². The number of piperidine rings is 1. The van der Waals surface area contributed by atoms with Gasteiger partial charge < -0.3 is 4.57 Å². The summed E-state index contributed by atoms with van der Waals surface area (Å²) < 4.78 is 2.39. The molecule has 2 aliphatic heterocycles. The van der Waals surface area contributed by atoms with Gasteiger partial charge in [0.1, 0.15) is 11.6 Å². The molecule has 0 aliphatic carbocycles. The minimum absolute atomic E-state index is 0.372. The second kappa shape index (κ2) is 6.80. The van der Waals surface area contributed by atoms with Crippen molar-refractivity contribution < 1.29 is 0 Å². The van der Waals surface area contributed by atoms with Crippen molar-refractivity contribution in [2.45, 2.75) is 57.7 Å². The fraction of sp³-hybridized carbons (Fsp3) is 0.476. The molecule has 0 spiro atoms. The maximum atomic E-state index is 4.89. The van der Waals surface area contributed by atoms with Crippen LogP contribution in [0, 0.1) is 0 Å². The van der Waals surface area contributed by atoms with Gasteiger partial charge in [-0.05, 0) is 44.4 Å². The summed E-state index contributed by atoms with van der Waals surface area (Å²) in [6.45, 7) is 3.08. The summed E-state index contributed by atoms with van der Waals surface area (Å²) in [5.41, 5.74) is 2.23. The number of fused-ring (bicyclic) bond motifs is 2. The number of aromatic nitrogens is 4. The molecule has 2 aromatic heterocycles. The zero-order chi connectivity index (χ0) is 17.3. The van der Waals surface area contributed by atoms with Crippen LogP contribution in [0.2, 0.25) is 0 Å². The van der Waals surface area contributed by atoms with Crippen LogP contribution in [-0.4, -0.2) is 31.2 Å². The van der Waals surface area contributed by atoms with E-state index in [1.54, 1.807) is 0 Å². The van der Waals surface area contributed by atoms with Gasteiger partial charge in [0.2, 0.25) is 0 Å². The first-order chi connectivity index (χ1) is 12.9. The van der Waals surface area contributed by atoms with E-state index in [4.69, 9.17) is 4.98 Å². The molecule has 1 aromatic carbocycles. The van der Waals surface area contributed by atoms with Gasteiger partial charge >= 0.3 is 0 Å². The average molecular weight is 347 g/mol. The molecule has 0 N–H and O–H groups in total. The Bertz CT molecular complexity index is 916. The Kier molecular flexibility index (Phi) is 4.17. The molecule has 134 valence electrons. The first-order valence-electron chi connectivity index (χ1n) is 9.89. The monoisotopic (exact) mass is 347 g/mol. The highest BCUT2D eigenvalue weighted by atomic mass is 15.3. The number of pyridine rings is 1. The van der Waals surface area contributed by atoms with Gasteiger partial charge in [-0.15, -0.1) is 10.2 Å². The summed E-state index contributed by atoms with van der Waals surface area (Å²) in [4.78, 5) is 7.45. The quantitative estimate of drug-likeness (QED) is 0.721. The molecule has 26 heavy (non-hydrogen) atoms. The summed E-state index contributed by atoms with van der Waals surface area (Å²) in [7, 11) is 0. The van der Waals surface area contributed by atoms with Crippen molar-refractivity contribution in [3.05, 3.63) is 53.7 Å². The molecule has 1 fully saturated rings. The van der Waals surface area contributed by atoms with E-state index in [1.165, 1.54) is 49.1 Å². The summed E-state index contributed by atoms with van der Waals surface area (Å²) in [5, 5.41) is 10.3. The highest BCUT2D eigenvalue weighted by molar-refractivity contribution is 5.78. The third kappa shape index (κ3) is 2.90. The van der Waals surface area contributed by atoms with Crippen LogP contribution in [0.4, 0.5) is 0 Å². The van der Waals surface area contributed by atoms with Gasteiger partial charge in [-0.1, -0.05) is 30.7 Å². The first kappa shape index (κ1) is 15.9. The van der Waals surface area contributed by atoms with E-state index in [1.807, 2.05) is 0 Å². The van der Waals surface area contributed by atoms with Gasteiger partial charge in [0, 0.05) is 24.9 Å². The molecule has 5 rings (SSSR count). The standard InChI is InChI=1S/C21H25N5/c1-2-8-18-16(7-1)11-12-17(22-18)15-25-13-5-3-9-19(25)21-24-23-20-10-4-6-14-26(20)21/h1-2,7-8,11-12,19H,3-6,9-10,13-15H2/t19-/m1/s1. The number of hydrogen-bond donors (Lipinski definition) is 0. The molecule has 4 heterocycles. The molecule has 0 amide bonds. The molecule has 1 atom stereocenters. The van der Waals surface area contributed by atoms with Crippen LogP contribution >= 0.6 is 0 Å². The van der Waals surface area contributed by atoms with Crippen LogP contribution < -0.4 is 0 Å². The lowest BCUT2D eigenvalue weighted by atomic mass is 10.0. The number of benzene rings is 1. The third-order valence-corrected chi connectivity index (χ3v) is 5.82. The number of para-hydroxylation sites is 1. The molecule has 0 bridgehead atoms. The number of likely N-dealkylation sites (tertiary alicyclic amines) is 1. The van der Waals surface area contributed by atoms with E-state index in [0.717, 1.165) is 37.3 Å². The van der Waals surface area contributed by atoms with E-state index in [0.29, 0.717) is 6.04 Å². The summed E-state index contributed by atoms with van der Waals surface area (Å²) in [5.74, 6) is 2.36. The number of aryl methyl sites for hydroxylation is 1. The Balaban J connectivity index is 1.43. The van der Waals surface area contributed by atoms with Gasteiger partial charge in [-0.25, -0.2) is 0 Å². The topological polar surface area (TPSA) is 46.8 Å². The molecule has 0 unspecified atom stereocenters. The molecule has 2 aliphatic rings. The Hall–Kier alpha value is -2.27. The average Bonchev–Trinajstić information content (AvgIpc) is 3.12. The van der Waals surface area contributed by atoms with Gasteiger partial charge in [0.15, 0.2) is 0 Å². The Morgan fingerprint density at radius 1 is 0.923 bits per heavy atom. The minimum atomic E-state index is 0.372. The predicted octanol–water partition coefficient (Wildman–Crippen LogP) is 3.89. The van der Waals surface area contributed by atoms with E-state index in [2.05, 4.69) is 56.1 Å². The van der Waals surface area contributed by atoms with Crippen LogP contribution in [-0.2, 0) is 19.5 Å². The molecular formula is C21H25N5. The molecule has 0 saturated carbocycles. The second-order valence-electron chi connectivity index (χ2n) is 7.56. The van der Waals surface area contributed by atoms with Crippen molar-refractivity contribution in [3.8, 4) is 0 Å². The smallest absolute Gasteiger partial charge is 0.150 e. The van der Waals surface area contributed by atoms with Crippen molar-refractivity contribution in [3.63, 3.8) is 0 Å². The van der Waals surface area contributed by atoms with Crippen LogP contribution in [0.15, 0.2) is 36.4 Å². The lowest BCUT2D eigenvalue weighted by Gasteiger charge is -2.35. The van der Waals surface area contributed by atoms with E-state index in [-0.39, 0.29) is 0 Å². The number of hydrogen-bond acceptors (Lipinski definition) is 4. The molecule has 1 saturated heterocycles. The van der Waals surface area contributed by atoms with Crippen LogP contribution in [0.25, 0.3) is 10.9 Å². The highest BCUT2D eigenvalue weighted by Crippen LogP contribution is 2.32. The molecule has 5 nitrogen and oxygen atoms in total. The normalized spacial score (nSPS) is 21.0. The fourth-order valence-electron chi connectivity index (χ4n) is 4.45. The van der Waals surface area contributed by atoms with Gasteiger partial charge in [-0.2, -0.15) is 0 Å². The van der Waals surface area contributed by atoms with Crippen LogP contribution in [0.3, 0.4) is 0 Å². The van der Waals surface area contributed by atoms with Gasteiger partial charge in [0.05, 0.1) is 17.3 Å². The zero-order valence-corrected chi connectivity index (χ0v) is 15.1. The van der Waals surface area contributed by atoms with Crippen molar-refractivity contribution in [1.82, 2.24) is 24.6 Å². The third-order valence-electron chi connectivity index (χ3n) is 5.82. The lowest BCUT2D eigenvalue weighted by Crippen LogP contribution is -2.35. The lowest BCUT2D eigenvalue weighted by molar-refractivity contribution is 0.128. The first-order valence-corrected chi connectivity index (χ1v) is 9.89. The molecule has 5 heteroatoms. The predicted molar refractivity (Wildman–Crippen MR) is 102 cm³/mol. The number of nitrogens with zero attached hydrogens (tertiary/aromatic N) is 5.